The second kappa shape index (κ2) is 8.11. The van der Waals surface area contributed by atoms with E-state index in [1.165, 1.54) is 35.7 Å². The number of carbonyl (C=O) groups is 1. The van der Waals surface area contributed by atoms with Gasteiger partial charge in [0.1, 0.15) is 0 Å². The maximum Gasteiger partial charge on any atom is 0.418 e. The monoisotopic (exact) mass is 428 g/mol. The molecule has 2 heterocycles. The average molecular weight is 428 g/mol. The summed E-state index contributed by atoms with van der Waals surface area (Å²) >= 11 is 1.49. The lowest BCUT2D eigenvalue weighted by molar-refractivity contribution is -0.137. The second-order valence-electron chi connectivity index (χ2n) is 6.40. The van der Waals surface area contributed by atoms with Crippen molar-refractivity contribution in [2.45, 2.75) is 12.2 Å². The molecule has 9 heteroatoms. The number of rotatable bonds is 5. The molecule has 1 atom stereocenters. The Hall–Kier alpha value is -3.46. The number of amides is 1. The number of hydrogen-bond acceptors (Lipinski definition) is 4. The fourth-order valence-electron chi connectivity index (χ4n) is 3.02. The zero-order valence-corrected chi connectivity index (χ0v) is 16.2. The molecule has 0 saturated heterocycles. The van der Waals surface area contributed by atoms with Crippen molar-refractivity contribution in [2.75, 3.05) is 0 Å². The maximum atomic E-state index is 13.3. The van der Waals surface area contributed by atoms with Crippen molar-refractivity contribution in [2.24, 2.45) is 0 Å². The topological polar surface area (TPSA) is 59.8 Å². The van der Waals surface area contributed by atoms with Gasteiger partial charge in [0.15, 0.2) is 5.69 Å². The highest BCUT2D eigenvalue weighted by Gasteiger charge is 2.34. The molecule has 0 fully saturated rings. The van der Waals surface area contributed by atoms with Crippen LogP contribution in [-0.4, -0.2) is 20.9 Å². The van der Waals surface area contributed by atoms with Crippen molar-refractivity contribution >= 4 is 17.2 Å². The number of halogens is 3. The molecule has 4 rings (SSSR count). The fourth-order valence-corrected chi connectivity index (χ4v) is 3.83. The standard InChI is InChI=1S/C21H15F3N4OS/c22-21(23,24)15-9-4-5-10-17(15)28-13-16(26-27-28)20(29)25-19(18-11-6-12-30-18)14-7-2-1-3-8-14/h1-13,19H,(H,25,29). The van der Waals surface area contributed by atoms with Gasteiger partial charge in [-0.05, 0) is 29.1 Å². The summed E-state index contributed by atoms with van der Waals surface area (Å²) < 4.78 is 40.8. The fraction of sp³-hybridized carbons (Fsp3) is 0.0952. The lowest BCUT2D eigenvalue weighted by Gasteiger charge is -2.17. The van der Waals surface area contributed by atoms with Gasteiger partial charge >= 0.3 is 6.18 Å². The van der Waals surface area contributed by atoms with Crippen LogP contribution in [0.1, 0.15) is 32.5 Å². The Morgan fingerprint density at radius 2 is 1.73 bits per heavy atom. The molecule has 152 valence electrons. The number of nitrogens with one attached hydrogen (secondary N) is 1. The maximum absolute atomic E-state index is 13.3. The van der Waals surface area contributed by atoms with Gasteiger partial charge in [0.25, 0.3) is 5.91 Å². The van der Waals surface area contributed by atoms with Crippen molar-refractivity contribution in [3.05, 3.63) is 100 Å². The van der Waals surface area contributed by atoms with Gasteiger partial charge in [-0.2, -0.15) is 13.2 Å². The largest absolute Gasteiger partial charge is 0.418 e. The highest BCUT2D eigenvalue weighted by atomic mass is 32.1. The van der Waals surface area contributed by atoms with Crippen LogP contribution in [0.15, 0.2) is 78.3 Å². The number of para-hydroxylation sites is 1. The first-order chi connectivity index (χ1) is 14.4. The summed E-state index contributed by atoms with van der Waals surface area (Å²) in [5, 5.41) is 12.3. The minimum Gasteiger partial charge on any atom is -0.339 e. The molecule has 0 saturated carbocycles. The van der Waals surface area contributed by atoms with Crippen molar-refractivity contribution in [3.8, 4) is 5.69 Å². The third-order valence-electron chi connectivity index (χ3n) is 4.42. The molecule has 0 aliphatic carbocycles. The normalized spacial score (nSPS) is 12.5. The van der Waals surface area contributed by atoms with Crippen LogP contribution in [0.25, 0.3) is 5.69 Å². The minimum atomic E-state index is -4.55. The lowest BCUT2D eigenvalue weighted by Crippen LogP contribution is -2.29. The molecule has 30 heavy (non-hydrogen) atoms. The first kappa shape index (κ1) is 19.8. The number of hydrogen-bond donors (Lipinski definition) is 1. The predicted molar refractivity (Wildman–Crippen MR) is 106 cm³/mol. The molecule has 1 unspecified atom stereocenters. The number of benzene rings is 2. The van der Waals surface area contributed by atoms with Crippen molar-refractivity contribution in [1.29, 1.82) is 0 Å². The van der Waals surface area contributed by atoms with Gasteiger partial charge in [0, 0.05) is 4.88 Å². The van der Waals surface area contributed by atoms with Crippen molar-refractivity contribution in [1.82, 2.24) is 20.3 Å². The summed E-state index contributed by atoms with van der Waals surface area (Å²) in [6.45, 7) is 0. The number of nitrogens with zero attached hydrogens (tertiary/aromatic N) is 3. The molecule has 4 aromatic rings. The van der Waals surface area contributed by atoms with Crippen molar-refractivity contribution in [3.63, 3.8) is 0 Å². The summed E-state index contributed by atoms with van der Waals surface area (Å²) in [6.07, 6.45) is -3.36. The van der Waals surface area contributed by atoms with Crippen LogP contribution in [-0.2, 0) is 6.18 Å². The average Bonchev–Trinajstić information content (AvgIpc) is 3.44. The summed E-state index contributed by atoms with van der Waals surface area (Å²) in [4.78, 5) is 13.7. The Morgan fingerprint density at radius 3 is 2.43 bits per heavy atom. The number of aromatic nitrogens is 3. The predicted octanol–water partition coefficient (Wildman–Crippen LogP) is 4.87. The van der Waals surface area contributed by atoms with E-state index >= 15 is 0 Å². The van der Waals surface area contributed by atoms with E-state index in [0.29, 0.717) is 0 Å². The zero-order valence-electron chi connectivity index (χ0n) is 15.4. The number of alkyl halides is 3. The van der Waals surface area contributed by atoms with Crippen LogP contribution >= 0.6 is 11.3 Å². The Kier molecular flexibility index (Phi) is 5.37. The summed E-state index contributed by atoms with van der Waals surface area (Å²) in [5.41, 5.74) is -0.260. The van der Waals surface area contributed by atoms with Crippen LogP contribution in [0, 0.1) is 0 Å². The van der Waals surface area contributed by atoms with Gasteiger partial charge in [-0.1, -0.05) is 53.7 Å². The van der Waals surface area contributed by atoms with E-state index in [-0.39, 0.29) is 11.4 Å². The van der Waals surface area contributed by atoms with Crippen molar-refractivity contribution < 1.29 is 18.0 Å². The molecule has 2 aromatic carbocycles. The Balaban J connectivity index is 1.62. The molecule has 1 amide bonds. The summed E-state index contributed by atoms with van der Waals surface area (Å²) in [6, 6.07) is 17.8. The van der Waals surface area contributed by atoms with Gasteiger partial charge < -0.3 is 5.32 Å². The Bertz CT molecular complexity index is 1140. The highest BCUT2D eigenvalue weighted by molar-refractivity contribution is 7.10. The highest BCUT2D eigenvalue weighted by Crippen LogP contribution is 2.33. The van der Waals surface area contributed by atoms with E-state index < -0.39 is 23.7 Å². The first-order valence-electron chi connectivity index (χ1n) is 8.91. The minimum absolute atomic E-state index is 0.0792. The molecule has 2 aromatic heterocycles. The van der Waals surface area contributed by atoms with Gasteiger partial charge in [0.2, 0.25) is 0 Å². The third-order valence-corrected chi connectivity index (χ3v) is 5.36. The van der Waals surface area contributed by atoms with E-state index in [1.54, 1.807) is 0 Å². The van der Waals surface area contributed by atoms with E-state index in [0.717, 1.165) is 21.2 Å². The van der Waals surface area contributed by atoms with E-state index in [1.807, 2.05) is 47.8 Å². The molecule has 0 spiro atoms. The van der Waals surface area contributed by atoms with Gasteiger partial charge in [-0.3, -0.25) is 4.79 Å². The lowest BCUT2D eigenvalue weighted by atomic mass is 10.1. The first-order valence-corrected chi connectivity index (χ1v) is 9.79. The van der Waals surface area contributed by atoms with E-state index in [2.05, 4.69) is 15.6 Å². The van der Waals surface area contributed by atoms with Crippen LogP contribution in [0.5, 0.6) is 0 Å². The molecule has 5 nitrogen and oxygen atoms in total. The second-order valence-corrected chi connectivity index (χ2v) is 7.38. The van der Waals surface area contributed by atoms with Crippen LogP contribution in [0.4, 0.5) is 13.2 Å². The molecular weight excluding hydrogens is 413 g/mol. The molecular formula is C21H15F3N4OS. The van der Waals surface area contributed by atoms with Crippen LogP contribution in [0.3, 0.4) is 0 Å². The Morgan fingerprint density at radius 1 is 1.00 bits per heavy atom. The third kappa shape index (κ3) is 4.11. The van der Waals surface area contributed by atoms with Crippen LogP contribution in [0.2, 0.25) is 0 Å². The van der Waals surface area contributed by atoms with E-state index in [4.69, 9.17) is 0 Å². The SMILES string of the molecule is O=C(NC(c1ccccc1)c1cccs1)c1cn(-c2ccccc2C(F)(F)F)nn1. The molecule has 0 radical (unpaired) electrons. The number of thiophene rings is 1. The zero-order chi connectivity index (χ0) is 21.1. The molecule has 0 aliphatic rings. The summed E-state index contributed by atoms with van der Waals surface area (Å²) in [5.74, 6) is -0.534. The smallest absolute Gasteiger partial charge is 0.339 e. The van der Waals surface area contributed by atoms with Gasteiger partial charge in [-0.25, -0.2) is 4.68 Å². The van der Waals surface area contributed by atoms with Gasteiger partial charge in [0.05, 0.1) is 23.5 Å². The van der Waals surface area contributed by atoms with Crippen LogP contribution < -0.4 is 5.32 Å². The summed E-state index contributed by atoms with van der Waals surface area (Å²) in [7, 11) is 0. The molecule has 0 aliphatic heterocycles. The Labute approximate surface area is 173 Å². The number of carbonyl (C=O) groups excluding carboxylic acids is 1. The quantitative estimate of drug-likeness (QED) is 0.494. The van der Waals surface area contributed by atoms with Gasteiger partial charge in [-0.15, -0.1) is 16.4 Å². The molecule has 0 bridgehead atoms. The molecule has 1 N–H and O–H groups in total. The van der Waals surface area contributed by atoms with E-state index in [9.17, 15) is 18.0 Å².